The van der Waals surface area contributed by atoms with Gasteiger partial charge in [-0.2, -0.15) is 0 Å². The first-order valence-corrected chi connectivity index (χ1v) is 7.26. The third kappa shape index (κ3) is 6.52. The van der Waals surface area contributed by atoms with Crippen molar-refractivity contribution in [2.75, 3.05) is 39.0 Å². The number of hydrogen-bond donors (Lipinski definition) is 2. The van der Waals surface area contributed by atoms with Crippen molar-refractivity contribution in [2.45, 2.75) is 26.2 Å². The number of unbranched alkanes of at least 4 members (excludes halogenated alkanes) is 2. The predicted octanol–water partition coefficient (Wildman–Crippen LogP) is 1.98. The number of anilines is 1. The summed E-state index contributed by atoms with van der Waals surface area (Å²) in [6, 6.07) is 3.54. The van der Waals surface area contributed by atoms with E-state index in [9.17, 15) is 4.79 Å². The second-order valence-corrected chi connectivity index (χ2v) is 5.12. The molecule has 0 saturated heterocycles. The maximum Gasteiger partial charge on any atom is 0.251 e. The third-order valence-corrected chi connectivity index (χ3v) is 2.95. The average Bonchev–Trinajstić information content (AvgIpc) is 2.43. The highest BCUT2D eigenvalue weighted by Crippen LogP contribution is 2.07. The molecule has 5 nitrogen and oxygen atoms in total. The number of aromatic nitrogens is 1. The Hall–Kier alpha value is -1.62. The van der Waals surface area contributed by atoms with Crippen LogP contribution in [0.5, 0.6) is 0 Å². The van der Waals surface area contributed by atoms with Gasteiger partial charge in [-0.05, 0) is 32.6 Å². The molecule has 5 heteroatoms. The van der Waals surface area contributed by atoms with Crippen molar-refractivity contribution in [1.82, 2.24) is 15.2 Å². The van der Waals surface area contributed by atoms with E-state index in [1.54, 1.807) is 18.3 Å². The Labute approximate surface area is 121 Å². The van der Waals surface area contributed by atoms with Crippen LogP contribution in [0.2, 0.25) is 0 Å². The highest BCUT2D eigenvalue weighted by molar-refractivity contribution is 5.94. The molecule has 2 N–H and O–H groups in total. The third-order valence-electron chi connectivity index (χ3n) is 2.95. The van der Waals surface area contributed by atoms with Crippen LogP contribution in [0.15, 0.2) is 18.3 Å². The van der Waals surface area contributed by atoms with Crippen molar-refractivity contribution < 1.29 is 4.79 Å². The smallest absolute Gasteiger partial charge is 0.251 e. The Kier molecular flexibility index (Phi) is 7.65. The van der Waals surface area contributed by atoms with E-state index in [4.69, 9.17) is 0 Å². The molecular weight excluding hydrogens is 252 g/mol. The number of carbonyl (C=O) groups excluding carboxylic acids is 1. The Morgan fingerprint density at radius 2 is 2.10 bits per heavy atom. The summed E-state index contributed by atoms with van der Waals surface area (Å²) in [5.74, 6) is 0.715. The molecule has 1 heterocycles. The number of likely N-dealkylation sites (N-methyl/N-ethyl adjacent to an activating group) is 1. The molecule has 0 aliphatic rings. The van der Waals surface area contributed by atoms with Gasteiger partial charge in [-0.15, -0.1) is 0 Å². The van der Waals surface area contributed by atoms with Crippen LogP contribution in [0.1, 0.15) is 36.5 Å². The number of hydrogen-bond acceptors (Lipinski definition) is 4. The van der Waals surface area contributed by atoms with Gasteiger partial charge in [0.15, 0.2) is 0 Å². The van der Waals surface area contributed by atoms with Crippen LogP contribution in [0.4, 0.5) is 5.82 Å². The van der Waals surface area contributed by atoms with Gasteiger partial charge in [0.2, 0.25) is 0 Å². The maximum atomic E-state index is 12.0. The topological polar surface area (TPSA) is 57.3 Å². The SMILES string of the molecule is CCCCCNc1cc(C(=O)NCCN(C)C)ccn1. The first kappa shape index (κ1) is 16.4. The number of carbonyl (C=O) groups is 1. The highest BCUT2D eigenvalue weighted by atomic mass is 16.1. The van der Waals surface area contributed by atoms with E-state index in [0.29, 0.717) is 12.1 Å². The summed E-state index contributed by atoms with van der Waals surface area (Å²) in [5, 5.41) is 6.15. The molecule has 0 spiro atoms. The molecule has 1 aromatic rings. The van der Waals surface area contributed by atoms with Crippen LogP contribution in [-0.4, -0.2) is 49.5 Å². The molecule has 1 aromatic heterocycles. The summed E-state index contributed by atoms with van der Waals surface area (Å²) in [4.78, 5) is 18.2. The van der Waals surface area contributed by atoms with Crippen LogP contribution in [-0.2, 0) is 0 Å². The molecule has 0 radical (unpaired) electrons. The van der Waals surface area contributed by atoms with Crippen LogP contribution < -0.4 is 10.6 Å². The lowest BCUT2D eigenvalue weighted by molar-refractivity contribution is 0.0951. The summed E-state index contributed by atoms with van der Waals surface area (Å²) in [6.45, 7) is 4.55. The van der Waals surface area contributed by atoms with Crippen LogP contribution in [0.3, 0.4) is 0 Å². The molecule has 0 bridgehead atoms. The Morgan fingerprint density at radius 3 is 2.80 bits per heavy atom. The van der Waals surface area contributed by atoms with Gasteiger partial charge in [-0.3, -0.25) is 4.79 Å². The maximum absolute atomic E-state index is 12.0. The lowest BCUT2D eigenvalue weighted by Crippen LogP contribution is -2.31. The van der Waals surface area contributed by atoms with Gasteiger partial charge in [-0.25, -0.2) is 4.98 Å². The largest absolute Gasteiger partial charge is 0.370 e. The number of nitrogens with one attached hydrogen (secondary N) is 2. The average molecular weight is 278 g/mol. The monoisotopic (exact) mass is 278 g/mol. The molecule has 0 aliphatic heterocycles. The minimum atomic E-state index is -0.0501. The van der Waals surface area contributed by atoms with Gasteiger partial charge >= 0.3 is 0 Å². The molecule has 112 valence electrons. The zero-order valence-electron chi connectivity index (χ0n) is 12.8. The second-order valence-electron chi connectivity index (χ2n) is 5.12. The summed E-state index contributed by atoms with van der Waals surface area (Å²) in [5.41, 5.74) is 0.650. The van der Waals surface area contributed by atoms with Crippen molar-refractivity contribution >= 4 is 11.7 Å². The molecule has 0 aliphatic carbocycles. The van der Waals surface area contributed by atoms with Gasteiger partial charge in [-0.1, -0.05) is 19.8 Å². The Bertz CT molecular complexity index is 407. The molecule has 1 rings (SSSR count). The van der Waals surface area contributed by atoms with E-state index < -0.39 is 0 Å². The van der Waals surface area contributed by atoms with Crippen molar-refractivity contribution in [3.8, 4) is 0 Å². The number of amides is 1. The van der Waals surface area contributed by atoms with Crippen molar-refractivity contribution in [3.05, 3.63) is 23.9 Å². The fourth-order valence-electron chi connectivity index (χ4n) is 1.76. The van der Waals surface area contributed by atoms with Gasteiger partial charge in [0.25, 0.3) is 5.91 Å². The standard InChI is InChI=1S/C15H26N4O/c1-4-5-6-8-16-14-12-13(7-9-17-14)15(20)18-10-11-19(2)3/h7,9,12H,4-6,8,10-11H2,1-3H3,(H,16,17)(H,18,20). The fourth-order valence-corrected chi connectivity index (χ4v) is 1.76. The molecule has 0 fully saturated rings. The van der Waals surface area contributed by atoms with Crippen LogP contribution in [0.25, 0.3) is 0 Å². The molecule has 20 heavy (non-hydrogen) atoms. The first-order valence-electron chi connectivity index (χ1n) is 7.26. The zero-order valence-corrected chi connectivity index (χ0v) is 12.8. The molecule has 0 aromatic carbocycles. The number of rotatable bonds is 9. The van der Waals surface area contributed by atoms with E-state index in [1.807, 2.05) is 19.0 Å². The summed E-state index contributed by atoms with van der Waals surface area (Å²) in [7, 11) is 3.97. The van der Waals surface area contributed by atoms with E-state index in [0.717, 1.165) is 25.3 Å². The van der Waals surface area contributed by atoms with E-state index in [2.05, 4.69) is 22.5 Å². The lowest BCUT2D eigenvalue weighted by Gasteiger charge is -2.11. The van der Waals surface area contributed by atoms with Gasteiger partial charge < -0.3 is 15.5 Å². The normalized spacial score (nSPS) is 10.6. The number of pyridine rings is 1. The molecule has 0 unspecified atom stereocenters. The molecule has 0 atom stereocenters. The minimum absolute atomic E-state index is 0.0501. The van der Waals surface area contributed by atoms with E-state index >= 15 is 0 Å². The lowest BCUT2D eigenvalue weighted by atomic mass is 10.2. The summed E-state index contributed by atoms with van der Waals surface area (Å²) in [6.07, 6.45) is 5.20. The second kappa shape index (κ2) is 9.31. The molecule has 0 saturated carbocycles. The van der Waals surface area contributed by atoms with Gasteiger partial charge in [0.1, 0.15) is 5.82 Å². The quantitative estimate of drug-likeness (QED) is 0.678. The fraction of sp³-hybridized carbons (Fsp3) is 0.600. The van der Waals surface area contributed by atoms with Crippen molar-refractivity contribution in [3.63, 3.8) is 0 Å². The molecule has 1 amide bonds. The van der Waals surface area contributed by atoms with Crippen LogP contribution >= 0.6 is 0 Å². The van der Waals surface area contributed by atoms with E-state index in [-0.39, 0.29) is 5.91 Å². The van der Waals surface area contributed by atoms with Crippen molar-refractivity contribution in [2.24, 2.45) is 0 Å². The number of nitrogens with zero attached hydrogens (tertiary/aromatic N) is 2. The Morgan fingerprint density at radius 1 is 1.30 bits per heavy atom. The zero-order chi connectivity index (χ0) is 14.8. The summed E-state index contributed by atoms with van der Waals surface area (Å²) >= 11 is 0. The van der Waals surface area contributed by atoms with E-state index in [1.165, 1.54) is 12.8 Å². The van der Waals surface area contributed by atoms with Crippen LogP contribution in [0, 0.1) is 0 Å². The minimum Gasteiger partial charge on any atom is -0.370 e. The predicted molar refractivity (Wildman–Crippen MR) is 83.1 cm³/mol. The molecular formula is C15H26N4O. The van der Waals surface area contributed by atoms with Gasteiger partial charge in [0, 0.05) is 31.4 Å². The summed E-state index contributed by atoms with van der Waals surface area (Å²) < 4.78 is 0. The first-order chi connectivity index (χ1) is 9.63. The van der Waals surface area contributed by atoms with Crippen molar-refractivity contribution in [1.29, 1.82) is 0 Å². The highest BCUT2D eigenvalue weighted by Gasteiger charge is 2.06. The van der Waals surface area contributed by atoms with Gasteiger partial charge in [0.05, 0.1) is 0 Å². The Balaban J connectivity index is 2.43.